The van der Waals surface area contributed by atoms with Gasteiger partial charge in [-0.25, -0.2) is 0 Å². The van der Waals surface area contributed by atoms with Crippen molar-refractivity contribution in [1.29, 1.82) is 0 Å². The summed E-state index contributed by atoms with van der Waals surface area (Å²) in [7, 11) is 3.60. The summed E-state index contributed by atoms with van der Waals surface area (Å²) >= 11 is 0. The highest BCUT2D eigenvalue weighted by Gasteiger charge is 2.28. The molecule has 2 aromatic carbocycles. The summed E-state index contributed by atoms with van der Waals surface area (Å²) in [6.45, 7) is 1.25. The van der Waals surface area contributed by atoms with Crippen LogP contribution in [0.5, 0.6) is 5.75 Å². The van der Waals surface area contributed by atoms with E-state index in [4.69, 9.17) is 4.74 Å². The molecule has 2 N–H and O–H groups in total. The lowest BCUT2D eigenvalue weighted by Crippen LogP contribution is -2.33. The molecular weight excluding hydrogens is 404 g/mol. The van der Waals surface area contributed by atoms with Crippen LogP contribution in [0.3, 0.4) is 0 Å². The first kappa shape index (κ1) is 21.6. The van der Waals surface area contributed by atoms with Gasteiger partial charge in [0.1, 0.15) is 5.75 Å². The minimum Gasteiger partial charge on any atom is -0.495 e. The number of aryl methyl sites for hydroxylation is 1. The van der Waals surface area contributed by atoms with Gasteiger partial charge in [-0.3, -0.25) is 14.5 Å². The fourth-order valence-corrected chi connectivity index (χ4v) is 4.20. The molecule has 1 aromatic heterocycles. The fraction of sp³-hybridized carbons (Fsp3) is 0.280. The molecule has 4 rings (SSSR count). The van der Waals surface area contributed by atoms with Crippen LogP contribution in [0.25, 0.3) is 0 Å². The number of para-hydroxylation sites is 2. The van der Waals surface area contributed by atoms with Gasteiger partial charge in [-0.15, -0.1) is 0 Å². The zero-order valence-corrected chi connectivity index (χ0v) is 18.4. The molecule has 166 valence electrons. The molecule has 1 aliphatic rings. The molecule has 0 aliphatic carbocycles. The SMILES string of the molecule is COc1ccccc1NC(=O)c1ccc(NC(=O)CN2CCC[C@@H]2c2cccn2C)cc1. The maximum atomic E-state index is 12.6. The molecule has 1 atom stereocenters. The van der Waals surface area contributed by atoms with Gasteiger partial charge in [0.15, 0.2) is 0 Å². The highest BCUT2D eigenvalue weighted by molar-refractivity contribution is 6.05. The van der Waals surface area contributed by atoms with Crippen LogP contribution in [0.4, 0.5) is 11.4 Å². The van der Waals surface area contributed by atoms with Crippen LogP contribution < -0.4 is 15.4 Å². The second-order valence-corrected chi connectivity index (χ2v) is 7.95. The predicted octanol–water partition coefficient (Wildman–Crippen LogP) is 4.06. The van der Waals surface area contributed by atoms with Crippen LogP contribution in [-0.4, -0.2) is 41.5 Å². The number of nitrogens with zero attached hydrogens (tertiary/aromatic N) is 2. The summed E-state index contributed by atoms with van der Waals surface area (Å²) < 4.78 is 7.39. The van der Waals surface area contributed by atoms with Gasteiger partial charge in [-0.2, -0.15) is 0 Å². The summed E-state index contributed by atoms with van der Waals surface area (Å²) in [5.74, 6) is 0.299. The minimum absolute atomic E-state index is 0.0580. The molecule has 7 heteroatoms. The highest BCUT2D eigenvalue weighted by atomic mass is 16.5. The van der Waals surface area contributed by atoms with Gasteiger partial charge in [-0.05, 0) is 67.9 Å². The summed E-state index contributed by atoms with van der Waals surface area (Å²) in [6.07, 6.45) is 4.18. The second kappa shape index (κ2) is 9.70. The van der Waals surface area contributed by atoms with E-state index in [2.05, 4.69) is 26.2 Å². The Morgan fingerprint density at radius 1 is 1.03 bits per heavy atom. The van der Waals surface area contributed by atoms with Gasteiger partial charge >= 0.3 is 0 Å². The molecule has 7 nitrogen and oxygen atoms in total. The van der Waals surface area contributed by atoms with E-state index in [1.54, 1.807) is 43.5 Å². The third kappa shape index (κ3) is 4.84. The zero-order valence-electron chi connectivity index (χ0n) is 18.4. The Hall–Kier alpha value is -3.58. The molecule has 1 fully saturated rings. The smallest absolute Gasteiger partial charge is 0.255 e. The van der Waals surface area contributed by atoms with Gasteiger partial charge in [0, 0.05) is 30.2 Å². The van der Waals surface area contributed by atoms with E-state index >= 15 is 0 Å². The molecule has 0 bridgehead atoms. The minimum atomic E-state index is -0.241. The predicted molar refractivity (Wildman–Crippen MR) is 125 cm³/mol. The van der Waals surface area contributed by atoms with Gasteiger partial charge < -0.3 is 19.9 Å². The lowest BCUT2D eigenvalue weighted by atomic mass is 10.1. The number of hydrogen-bond acceptors (Lipinski definition) is 4. The average molecular weight is 433 g/mol. The van der Waals surface area contributed by atoms with Gasteiger partial charge in [0.05, 0.1) is 25.4 Å². The molecule has 0 saturated carbocycles. The molecular formula is C25H28N4O3. The Morgan fingerprint density at radius 3 is 2.53 bits per heavy atom. The Morgan fingerprint density at radius 2 is 1.81 bits per heavy atom. The van der Waals surface area contributed by atoms with Crippen molar-refractivity contribution in [3.63, 3.8) is 0 Å². The number of carbonyl (C=O) groups excluding carboxylic acids is 2. The Balaban J connectivity index is 1.34. The Labute approximate surface area is 188 Å². The summed E-state index contributed by atoms with van der Waals surface area (Å²) in [6, 6.07) is 18.6. The first-order chi connectivity index (χ1) is 15.5. The van der Waals surface area contributed by atoms with Gasteiger partial charge in [-0.1, -0.05) is 12.1 Å². The van der Waals surface area contributed by atoms with Crippen molar-refractivity contribution in [2.45, 2.75) is 18.9 Å². The third-order valence-electron chi connectivity index (χ3n) is 5.82. The number of methoxy groups -OCH3 is 1. The van der Waals surface area contributed by atoms with Crippen LogP contribution in [0.2, 0.25) is 0 Å². The molecule has 32 heavy (non-hydrogen) atoms. The lowest BCUT2D eigenvalue weighted by molar-refractivity contribution is -0.117. The zero-order chi connectivity index (χ0) is 22.5. The van der Waals surface area contributed by atoms with E-state index in [9.17, 15) is 9.59 Å². The largest absolute Gasteiger partial charge is 0.495 e. The average Bonchev–Trinajstić information content (AvgIpc) is 3.42. The quantitative estimate of drug-likeness (QED) is 0.590. The first-order valence-electron chi connectivity index (χ1n) is 10.7. The standard InChI is InChI=1S/C25H28N4O3/c1-28-15-5-8-21(28)22-9-6-16-29(22)17-24(30)26-19-13-11-18(12-14-19)25(31)27-20-7-3-4-10-23(20)32-2/h3-5,7-8,10-15,22H,6,9,16-17H2,1-2H3,(H,26,30)(H,27,31)/t22-/m1/s1. The Kier molecular flexibility index (Phi) is 6.56. The number of amides is 2. The number of nitrogens with one attached hydrogen (secondary N) is 2. The molecule has 0 spiro atoms. The van der Waals surface area contributed by atoms with Crippen molar-refractivity contribution in [3.8, 4) is 5.75 Å². The van der Waals surface area contributed by atoms with E-state index in [1.807, 2.05) is 31.4 Å². The fourth-order valence-electron chi connectivity index (χ4n) is 4.20. The van der Waals surface area contributed by atoms with Crippen LogP contribution >= 0.6 is 0 Å². The molecule has 1 aliphatic heterocycles. The van der Waals surface area contributed by atoms with Gasteiger partial charge in [0.2, 0.25) is 5.91 Å². The van der Waals surface area contributed by atoms with Crippen LogP contribution in [0, 0.1) is 0 Å². The van der Waals surface area contributed by atoms with E-state index in [0.717, 1.165) is 19.4 Å². The van der Waals surface area contributed by atoms with Crippen LogP contribution in [0.15, 0.2) is 66.9 Å². The maximum absolute atomic E-state index is 12.6. The summed E-state index contributed by atoms with van der Waals surface area (Å²) in [5.41, 5.74) is 3.01. The number of likely N-dealkylation sites (tertiary alicyclic amines) is 1. The van der Waals surface area contributed by atoms with E-state index in [0.29, 0.717) is 29.2 Å². The third-order valence-corrected chi connectivity index (χ3v) is 5.82. The number of carbonyl (C=O) groups is 2. The normalized spacial score (nSPS) is 16.0. The van der Waals surface area contributed by atoms with Crippen LogP contribution in [-0.2, 0) is 11.8 Å². The van der Waals surface area contributed by atoms with Crippen molar-refractivity contribution in [2.75, 3.05) is 30.8 Å². The van der Waals surface area contributed by atoms with Crippen molar-refractivity contribution in [3.05, 3.63) is 78.1 Å². The van der Waals surface area contributed by atoms with Crippen molar-refractivity contribution in [1.82, 2.24) is 9.47 Å². The molecule has 2 amide bonds. The number of hydrogen-bond donors (Lipinski definition) is 2. The Bertz CT molecular complexity index is 1090. The first-order valence-corrected chi connectivity index (χ1v) is 10.7. The van der Waals surface area contributed by atoms with Crippen molar-refractivity contribution < 1.29 is 14.3 Å². The second-order valence-electron chi connectivity index (χ2n) is 7.95. The molecule has 1 saturated heterocycles. The molecule has 2 heterocycles. The van der Waals surface area contributed by atoms with E-state index < -0.39 is 0 Å². The molecule has 0 radical (unpaired) electrons. The van der Waals surface area contributed by atoms with Crippen molar-refractivity contribution in [2.24, 2.45) is 7.05 Å². The van der Waals surface area contributed by atoms with Gasteiger partial charge in [0.25, 0.3) is 5.91 Å². The number of benzene rings is 2. The van der Waals surface area contributed by atoms with Crippen LogP contribution in [0.1, 0.15) is 34.9 Å². The monoisotopic (exact) mass is 432 g/mol. The lowest BCUT2D eigenvalue weighted by Gasteiger charge is -2.24. The van der Waals surface area contributed by atoms with Crippen molar-refractivity contribution >= 4 is 23.2 Å². The number of ether oxygens (including phenoxy) is 1. The topological polar surface area (TPSA) is 75.6 Å². The summed E-state index contributed by atoms with van der Waals surface area (Å²) in [5, 5.41) is 5.79. The molecule has 3 aromatic rings. The maximum Gasteiger partial charge on any atom is 0.255 e. The number of rotatable bonds is 7. The summed E-state index contributed by atoms with van der Waals surface area (Å²) in [4.78, 5) is 27.4. The van der Waals surface area contributed by atoms with E-state index in [-0.39, 0.29) is 17.9 Å². The number of aromatic nitrogens is 1. The van der Waals surface area contributed by atoms with E-state index in [1.165, 1.54) is 5.69 Å². The number of anilines is 2. The molecule has 0 unspecified atom stereocenters. The highest BCUT2D eigenvalue weighted by Crippen LogP contribution is 2.31.